The standard InChI is InChI=1S/C17H26N4O.ClH/c1-2-10-21(14-8-9-18-12-14)17(22)16-11-15(19-20-16)13-6-4-3-5-7-13;/h3-7,14-16,18-20H,2,8-12H2,1H3;1H. The highest BCUT2D eigenvalue weighted by Gasteiger charge is 2.35. The Hall–Kier alpha value is -1.14. The van der Waals surface area contributed by atoms with E-state index in [9.17, 15) is 4.79 Å². The van der Waals surface area contributed by atoms with E-state index >= 15 is 0 Å². The molecule has 0 radical (unpaired) electrons. The normalized spacial score (nSPS) is 26.7. The molecular weight excluding hydrogens is 312 g/mol. The molecule has 2 fully saturated rings. The van der Waals surface area contributed by atoms with Crippen LogP contribution < -0.4 is 16.2 Å². The molecule has 3 unspecified atom stereocenters. The van der Waals surface area contributed by atoms with Gasteiger partial charge in [0.1, 0.15) is 6.04 Å². The Morgan fingerprint density at radius 3 is 2.70 bits per heavy atom. The van der Waals surface area contributed by atoms with Crippen molar-refractivity contribution in [3.63, 3.8) is 0 Å². The average molecular weight is 339 g/mol. The Morgan fingerprint density at radius 1 is 1.26 bits per heavy atom. The van der Waals surface area contributed by atoms with Gasteiger partial charge < -0.3 is 10.2 Å². The van der Waals surface area contributed by atoms with Crippen molar-refractivity contribution in [2.75, 3.05) is 19.6 Å². The predicted octanol–water partition coefficient (Wildman–Crippen LogP) is 1.62. The number of rotatable bonds is 5. The van der Waals surface area contributed by atoms with Crippen LogP contribution in [0.1, 0.15) is 37.8 Å². The zero-order valence-electron chi connectivity index (χ0n) is 13.6. The first-order valence-electron chi connectivity index (χ1n) is 8.36. The van der Waals surface area contributed by atoms with E-state index in [0.29, 0.717) is 6.04 Å². The monoisotopic (exact) mass is 338 g/mol. The first-order valence-corrected chi connectivity index (χ1v) is 8.36. The van der Waals surface area contributed by atoms with Crippen LogP contribution in [0.5, 0.6) is 0 Å². The van der Waals surface area contributed by atoms with Crippen molar-refractivity contribution in [3.05, 3.63) is 35.9 Å². The number of nitrogens with one attached hydrogen (secondary N) is 3. The molecule has 1 aromatic rings. The number of hydrazine groups is 1. The lowest BCUT2D eigenvalue weighted by Crippen LogP contribution is -2.50. The van der Waals surface area contributed by atoms with Crippen molar-refractivity contribution in [2.24, 2.45) is 0 Å². The van der Waals surface area contributed by atoms with Gasteiger partial charge in [0, 0.05) is 25.2 Å². The number of carbonyl (C=O) groups is 1. The summed E-state index contributed by atoms with van der Waals surface area (Å²) in [5.41, 5.74) is 7.72. The minimum absolute atomic E-state index is 0. The van der Waals surface area contributed by atoms with Crippen molar-refractivity contribution in [1.82, 2.24) is 21.1 Å². The number of carbonyl (C=O) groups excluding carboxylic acids is 1. The Morgan fingerprint density at radius 2 is 2.04 bits per heavy atom. The minimum atomic E-state index is -0.127. The van der Waals surface area contributed by atoms with Crippen LogP contribution in [0.4, 0.5) is 0 Å². The summed E-state index contributed by atoms with van der Waals surface area (Å²) in [6.45, 7) is 4.92. The molecular formula is C17H27ClN4O. The van der Waals surface area contributed by atoms with Crippen LogP contribution >= 0.6 is 12.4 Å². The third kappa shape index (κ3) is 4.23. The van der Waals surface area contributed by atoms with Crippen molar-refractivity contribution in [1.29, 1.82) is 0 Å². The number of hydrogen-bond acceptors (Lipinski definition) is 4. The maximum atomic E-state index is 12.9. The Kier molecular flexibility index (Phi) is 6.84. The fraction of sp³-hybridized carbons (Fsp3) is 0.588. The fourth-order valence-corrected chi connectivity index (χ4v) is 3.44. The lowest BCUT2D eigenvalue weighted by atomic mass is 10.0. The molecule has 128 valence electrons. The molecule has 2 saturated heterocycles. The van der Waals surface area contributed by atoms with Gasteiger partial charge in [0.05, 0.1) is 0 Å². The second-order valence-corrected chi connectivity index (χ2v) is 6.22. The summed E-state index contributed by atoms with van der Waals surface area (Å²) in [6, 6.07) is 10.8. The summed E-state index contributed by atoms with van der Waals surface area (Å²) in [7, 11) is 0. The second-order valence-electron chi connectivity index (χ2n) is 6.22. The number of halogens is 1. The molecule has 2 heterocycles. The molecule has 0 saturated carbocycles. The number of nitrogens with zero attached hydrogens (tertiary/aromatic N) is 1. The van der Waals surface area contributed by atoms with Crippen molar-refractivity contribution in [3.8, 4) is 0 Å². The highest BCUT2D eigenvalue weighted by atomic mass is 35.5. The van der Waals surface area contributed by atoms with E-state index in [1.807, 2.05) is 18.2 Å². The molecule has 1 aromatic carbocycles. The van der Waals surface area contributed by atoms with E-state index in [0.717, 1.165) is 38.9 Å². The highest BCUT2D eigenvalue weighted by Crippen LogP contribution is 2.24. The van der Waals surface area contributed by atoms with Crippen LogP contribution in [0, 0.1) is 0 Å². The van der Waals surface area contributed by atoms with Gasteiger partial charge in [-0.1, -0.05) is 37.3 Å². The smallest absolute Gasteiger partial charge is 0.241 e. The van der Waals surface area contributed by atoms with Crippen LogP contribution in [-0.2, 0) is 4.79 Å². The average Bonchev–Trinajstić information content (AvgIpc) is 3.24. The van der Waals surface area contributed by atoms with Gasteiger partial charge in [-0.25, -0.2) is 10.9 Å². The molecule has 0 bridgehead atoms. The van der Waals surface area contributed by atoms with E-state index in [2.05, 4.69) is 40.1 Å². The molecule has 6 heteroatoms. The van der Waals surface area contributed by atoms with E-state index < -0.39 is 0 Å². The fourth-order valence-electron chi connectivity index (χ4n) is 3.44. The number of amides is 1. The lowest BCUT2D eigenvalue weighted by molar-refractivity contribution is -0.135. The largest absolute Gasteiger partial charge is 0.337 e. The SMILES string of the molecule is CCCN(C(=O)C1CC(c2ccccc2)NN1)C1CCNC1.Cl. The van der Waals surface area contributed by atoms with Crippen LogP contribution in [0.25, 0.3) is 0 Å². The molecule has 0 spiro atoms. The van der Waals surface area contributed by atoms with Crippen LogP contribution in [0.15, 0.2) is 30.3 Å². The summed E-state index contributed by atoms with van der Waals surface area (Å²) in [5, 5.41) is 3.36. The minimum Gasteiger partial charge on any atom is -0.337 e. The molecule has 3 rings (SSSR count). The van der Waals surface area contributed by atoms with Gasteiger partial charge in [0.25, 0.3) is 0 Å². The quantitative estimate of drug-likeness (QED) is 0.763. The van der Waals surface area contributed by atoms with Crippen LogP contribution in [0.2, 0.25) is 0 Å². The van der Waals surface area contributed by atoms with Gasteiger partial charge in [0.15, 0.2) is 0 Å². The summed E-state index contributed by atoms with van der Waals surface area (Å²) in [5.74, 6) is 0.237. The summed E-state index contributed by atoms with van der Waals surface area (Å²) >= 11 is 0. The van der Waals surface area contributed by atoms with Crippen molar-refractivity contribution >= 4 is 18.3 Å². The maximum absolute atomic E-state index is 12.9. The number of hydrogen-bond donors (Lipinski definition) is 3. The molecule has 3 N–H and O–H groups in total. The molecule has 0 aliphatic carbocycles. The second kappa shape index (κ2) is 8.64. The van der Waals surface area contributed by atoms with E-state index in [1.165, 1.54) is 5.56 Å². The van der Waals surface area contributed by atoms with E-state index in [-0.39, 0.29) is 30.4 Å². The maximum Gasteiger partial charge on any atom is 0.241 e. The first-order chi connectivity index (χ1) is 10.8. The third-order valence-electron chi connectivity index (χ3n) is 4.63. The van der Waals surface area contributed by atoms with Gasteiger partial charge in [-0.05, 0) is 31.4 Å². The molecule has 2 aliphatic rings. The van der Waals surface area contributed by atoms with Crippen molar-refractivity contribution < 1.29 is 4.79 Å². The predicted molar refractivity (Wildman–Crippen MR) is 94.4 cm³/mol. The Balaban J connectivity index is 0.00000192. The first kappa shape index (κ1) is 18.2. The van der Waals surface area contributed by atoms with Gasteiger partial charge in [-0.2, -0.15) is 0 Å². The summed E-state index contributed by atoms with van der Waals surface area (Å²) in [4.78, 5) is 15.0. The van der Waals surface area contributed by atoms with Crippen LogP contribution in [-0.4, -0.2) is 42.5 Å². The van der Waals surface area contributed by atoms with Gasteiger partial charge in [0.2, 0.25) is 5.91 Å². The van der Waals surface area contributed by atoms with Gasteiger partial charge in [-0.3, -0.25) is 4.79 Å². The van der Waals surface area contributed by atoms with E-state index in [4.69, 9.17) is 0 Å². The molecule has 2 aliphatic heterocycles. The highest BCUT2D eigenvalue weighted by molar-refractivity contribution is 5.85. The van der Waals surface area contributed by atoms with Crippen LogP contribution in [0.3, 0.4) is 0 Å². The zero-order chi connectivity index (χ0) is 15.4. The van der Waals surface area contributed by atoms with Gasteiger partial charge in [-0.15, -0.1) is 12.4 Å². The zero-order valence-corrected chi connectivity index (χ0v) is 14.4. The topological polar surface area (TPSA) is 56.4 Å². The van der Waals surface area contributed by atoms with Gasteiger partial charge >= 0.3 is 0 Å². The van der Waals surface area contributed by atoms with E-state index in [1.54, 1.807) is 0 Å². The Labute approximate surface area is 144 Å². The summed E-state index contributed by atoms with van der Waals surface area (Å²) < 4.78 is 0. The van der Waals surface area contributed by atoms with Crippen molar-refractivity contribution in [2.45, 2.75) is 44.3 Å². The molecule has 1 amide bonds. The molecule has 23 heavy (non-hydrogen) atoms. The summed E-state index contributed by atoms with van der Waals surface area (Å²) in [6.07, 6.45) is 2.88. The Bertz CT molecular complexity index is 493. The molecule has 3 atom stereocenters. The molecule has 5 nitrogen and oxygen atoms in total. The third-order valence-corrected chi connectivity index (χ3v) is 4.63. The molecule has 0 aromatic heterocycles. The lowest BCUT2D eigenvalue weighted by Gasteiger charge is -2.30. The number of benzene rings is 1.